The van der Waals surface area contributed by atoms with Gasteiger partial charge >= 0.3 is 6.18 Å². The van der Waals surface area contributed by atoms with Gasteiger partial charge in [-0.3, -0.25) is 9.89 Å². The van der Waals surface area contributed by atoms with Gasteiger partial charge in [0.2, 0.25) is 0 Å². The van der Waals surface area contributed by atoms with Gasteiger partial charge in [0, 0.05) is 23.9 Å². The van der Waals surface area contributed by atoms with Crippen LogP contribution in [0.2, 0.25) is 0 Å². The molecule has 20 heavy (non-hydrogen) atoms. The zero-order chi connectivity index (χ0) is 14.3. The van der Waals surface area contributed by atoms with Crippen LogP contribution in [-0.4, -0.2) is 14.6 Å². The smallest absolute Gasteiger partial charge is 0.290 e. The zero-order valence-corrected chi connectivity index (χ0v) is 9.98. The van der Waals surface area contributed by atoms with Gasteiger partial charge in [-0.2, -0.15) is 13.2 Å². The lowest BCUT2D eigenvalue weighted by Gasteiger charge is -2.10. The van der Waals surface area contributed by atoms with Crippen LogP contribution in [0.25, 0.3) is 17.0 Å². The molecule has 1 N–H and O–H groups in total. The number of fused-ring (bicyclic) bond motifs is 1. The Morgan fingerprint density at radius 3 is 2.65 bits per heavy atom. The number of H-pyrrole nitrogens is 1. The Bertz CT molecular complexity index is 832. The molecule has 0 spiro atoms. The molecule has 102 valence electrons. The molecule has 0 unspecified atom stereocenters. The number of pyridine rings is 1. The normalized spacial score (nSPS) is 11.9. The monoisotopic (exact) mass is 279 g/mol. The molecule has 0 bridgehead atoms. The fraction of sp³-hybridized carbons (Fsp3) is 0.0769. The van der Waals surface area contributed by atoms with Crippen LogP contribution in [0.5, 0.6) is 0 Å². The first-order valence-corrected chi connectivity index (χ1v) is 5.70. The van der Waals surface area contributed by atoms with Gasteiger partial charge in [-0.05, 0) is 6.07 Å². The molecule has 0 atom stereocenters. The van der Waals surface area contributed by atoms with Crippen molar-refractivity contribution in [3.8, 4) is 11.4 Å². The second kappa shape index (κ2) is 4.22. The van der Waals surface area contributed by atoms with Crippen molar-refractivity contribution >= 4 is 5.65 Å². The highest BCUT2D eigenvalue weighted by Gasteiger charge is 2.34. The Kier molecular flexibility index (Phi) is 2.63. The Morgan fingerprint density at radius 2 is 1.90 bits per heavy atom. The lowest BCUT2D eigenvalue weighted by Crippen LogP contribution is -2.07. The van der Waals surface area contributed by atoms with E-state index in [9.17, 15) is 18.0 Å². The van der Waals surface area contributed by atoms with E-state index in [2.05, 4.69) is 10.1 Å². The Labute approximate surface area is 110 Å². The largest absolute Gasteiger partial charge is 0.417 e. The topological polar surface area (TPSA) is 50.2 Å². The maximum atomic E-state index is 13.0. The molecule has 1 aromatic carbocycles. The summed E-state index contributed by atoms with van der Waals surface area (Å²) in [5, 5.41) is 2.72. The van der Waals surface area contributed by atoms with Gasteiger partial charge in [0.25, 0.3) is 0 Å². The van der Waals surface area contributed by atoms with E-state index in [1.54, 1.807) is 0 Å². The molecule has 0 aliphatic heterocycles. The molecule has 2 aromatic heterocycles. The van der Waals surface area contributed by atoms with Crippen molar-refractivity contribution < 1.29 is 13.2 Å². The van der Waals surface area contributed by atoms with Crippen LogP contribution >= 0.6 is 0 Å². The Morgan fingerprint density at radius 1 is 1.15 bits per heavy atom. The van der Waals surface area contributed by atoms with Gasteiger partial charge in [0.05, 0.1) is 5.56 Å². The number of rotatable bonds is 1. The highest BCUT2D eigenvalue weighted by molar-refractivity contribution is 5.63. The first kappa shape index (κ1) is 12.5. The van der Waals surface area contributed by atoms with Crippen molar-refractivity contribution in [2.75, 3.05) is 0 Å². The summed E-state index contributed by atoms with van der Waals surface area (Å²) in [6, 6.07) is 7.69. The van der Waals surface area contributed by atoms with Gasteiger partial charge in [-0.1, -0.05) is 18.2 Å². The standard InChI is InChI=1S/C13H8F3N3O/c14-13(15,16)10-4-2-1-3-9(10)12-17-11-7-8(20)5-6-19(11)18-12/h1-7H,(H,17,18). The number of hydrogen-bond acceptors (Lipinski definition) is 2. The minimum atomic E-state index is -4.47. The molecule has 3 aromatic rings. The number of aromatic amines is 1. The number of nitrogens with one attached hydrogen (secondary N) is 1. The zero-order valence-electron chi connectivity index (χ0n) is 9.98. The highest BCUT2D eigenvalue weighted by atomic mass is 19.4. The second-order valence-electron chi connectivity index (χ2n) is 4.21. The number of benzene rings is 1. The van der Waals surface area contributed by atoms with Crippen LogP contribution in [0.15, 0.2) is 47.4 Å². The summed E-state index contributed by atoms with van der Waals surface area (Å²) in [4.78, 5) is 15.2. The van der Waals surface area contributed by atoms with E-state index in [1.165, 1.54) is 41.0 Å². The molecule has 4 nitrogen and oxygen atoms in total. The van der Waals surface area contributed by atoms with Gasteiger partial charge in [-0.25, -0.2) is 9.50 Å². The summed E-state index contributed by atoms with van der Waals surface area (Å²) in [5.41, 5.74) is -0.824. The average molecular weight is 279 g/mol. The van der Waals surface area contributed by atoms with Crippen LogP contribution < -0.4 is 5.43 Å². The Balaban J connectivity index is 2.23. The maximum absolute atomic E-state index is 13.0. The average Bonchev–Trinajstić information content (AvgIpc) is 2.80. The molecule has 0 radical (unpaired) electrons. The second-order valence-corrected chi connectivity index (χ2v) is 4.21. The number of hydrogen-bond donors (Lipinski definition) is 1. The molecule has 0 fully saturated rings. The Hall–Kier alpha value is -2.57. The van der Waals surface area contributed by atoms with E-state index in [1.807, 2.05) is 0 Å². The van der Waals surface area contributed by atoms with E-state index < -0.39 is 11.7 Å². The van der Waals surface area contributed by atoms with Crippen molar-refractivity contribution in [1.29, 1.82) is 0 Å². The number of halogens is 3. The summed E-state index contributed by atoms with van der Waals surface area (Å²) in [5.74, 6) is 0.0588. The molecule has 7 heteroatoms. The van der Waals surface area contributed by atoms with E-state index in [4.69, 9.17) is 0 Å². The molecule has 0 aliphatic carbocycles. The van der Waals surface area contributed by atoms with Crippen LogP contribution in [0.4, 0.5) is 13.2 Å². The summed E-state index contributed by atoms with van der Waals surface area (Å²) in [6.45, 7) is 0. The first-order valence-electron chi connectivity index (χ1n) is 5.70. The minimum absolute atomic E-state index is 0.0588. The lowest BCUT2D eigenvalue weighted by molar-refractivity contribution is -0.137. The third-order valence-electron chi connectivity index (χ3n) is 2.85. The van der Waals surface area contributed by atoms with Crippen molar-refractivity contribution in [3.63, 3.8) is 0 Å². The van der Waals surface area contributed by atoms with Gasteiger partial charge in [0.1, 0.15) is 0 Å². The summed E-state index contributed by atoms with van der Waals surface area (Å²) < 4.78 is 40.3. The van der Waals surface area contributed by atoms with E-state index in [-0.39, 0.29) is 22.5 Å². The van der Waals surface area contributed by atoms with Gasteiger partial charge < -0.3 is 0 Å². The predicted octanol–water partition coefficient (Wildman–Crippen LogP) is 2.71. The van der Waals surface area contributed by atoms with E-state index in [0.717, 1.165) is 6.07 Å². The van der Waals surface area contributed by atoms with Crippen LogP contribution in [0.1, 0.15) is 5.56 Å². The molecule has 2 heterocycles. The molecular weight excluding hydrogens is 271 g/mol. The van der Waals surface area contributed by atoms with E-state index in [0.29, 0.717) is 0 Å². The molecular formula is C13H8F3N3O. The predicted molar refractivity (Wildman–Crippen MR) is 66.3 cm³/mol. The minimum Gasteiger partial charge on any atom is -0.290 e. The summed E-state index contributed by atoms with van der Waals surface area (Å²) in [6.07, 6.45) is -3.05. The fourth-order valence-electron chi connectivity index (χ4n) is 1.96. The van der Waals surface area contributed by atoms with E-state index >= 15 is 0 Å². The molecule has 0 amide bonds. The van der Waals surface area contributed by atoms with Gasteiger partial charge in [-0.15, -0.1) is 0 Å². The molecule has 0 aliphatic rings. The van der Waals surface area contributed by atoms with Crippen molar-refractivity contribution in [3.05, 3.63) is 58.4 Å². The number of alkyl halides is 3. The third-order valence-corrected chi connectivity index (χ3v) is 2.85. The van der Waals surface area contributed by atoms with Crippen molar-refractivity contribution in [2.45, 2.75) is 6.18 Å². The van der Waals surface area contributed by atoms with Crippen LogP contribution in [0, 0.1) is 0 Å². The molecule has 0 saturated heterocycles. The summed E-state index contributed by atoms with van der Waals surface area (Å²) >= 11 is 0. The molecule has 0 saturated carbocycles. The number of nitrogens with zero attached hydrogens (tertiary/aromatic N) is 2. The SMILES string of the molecule is O=c1ccn2[nH]c(-c3ccccc3C(F)(F)F)nc2c1. The van der Waals surface area contributed by atoms with Crippen LogP contribution in [0.3, 0.4) is 0 Å². The quantitative estimate of drug-likeness (QED) is 0.744. The highest BCUT2D eigenvalue weighted by Crippen LogP contribution is 2.35. The van der Waals surface area contributed by atoms with Gasteiger partial charge in [0.15, 0.2) is 16.9 Å². The lowest BCUT2D eigenvalue weighted by atomic mass is 10.1. The fourth-order valence-corrected chi connectivity index (χ4v) is 1.96. The first-order chi connectivity index (χ1) is 9.45. The van der Waals surface area contributed by atoms with Crippen LogP contribution in [-0.2, 0) is 6.18 Å². The maximum Gasteiger partial charge on any atom is 0.417 e. The number of aromatic nitrogens is 3. The summed E-state index contributed by atoms with van der Waals surface area (Å²) in [7, 11) is 0. The van der Waals surface area contributed by atoms with Crippen molar-refractivity contribution in [2.24, 2.45) is 0 Å². The third kappa shape index (κ3) is 2.07. The van der Waals surface area contributed by atoms with Crippen molar-refractivity contribution in [1.82, 2.24) is 14.6 Å². The molecule has 3 rings (SSSR count).